The average molecular weight is 954 g/mol. The van der Waals surface area contributed by atoms with E-state index >= 15 is 0 Å². The van der Waals surface area contributed by atoms with E-state index in [4.69, 9.17) is 4.74 Å². The number of halogens is 1. The number of nitrogens with zero attached hydrogens (tertiary/aromatic N) is 2. The topological polar surface area (TPSA) is 17.4 Å². The number of rotatable bonds is 11. The summed E-state index contributed by atoms with van der Waals surface area (Å²) in [6, 6.07) is 79.8. The van der Waals surface area contributed by atoms with Crippen molar-refractivity contribution in [2.24, 2.45) is 0 Å². The van der Waals surface area contributed by atoms with Crippen LogP contribution in [0.15, 0.2) is 229 Å². The molecule has 3 nitrogen and oxygen atoms in total. The lowest BCUT2D eigenvalue weighted by Gasteiger charge is -2.28. The summed E-state index contributed by atoms with van der Waals surface area (Å²) in [5, 5.41) is 4.96. The van der Waals surface area contributed by atoms with Crippen molar-refractivity contribution in [3.05, 3.63) is 257 Å². The van der Waals surface area contributed by atoms with Crippen LogP contribution in [-0.4, -0.2) is 4.57 Å². The first-order chi connectivity index (χ1) is 33.8. The molecule has 1 aliphatic carbocycles. The molecule has 1 aliphatic rings. The summed E-state index contributed by atoms with van der Waals surface area (Å²) in [4.78, 5) is 2.40. The standard InChI is InChI=1S/C65H49BrN2O/c1-4-43-16-18-44(19-17-43)41-69-42-45-20-35-56-57-36-34-54(40-61(57)65(2,3)60(56)38-45)67(52-30-23-47(24-31-52)46-21-28-51(66)29-22-46)53-32-25-48(26-33-53)50-27-37-64-59(39-50)58-13-7-8-14-63(58)68(64)62-15-9-11-49-10-5-6-12-55(49)62/h4-40H,1,41-42H2,2-3H3. The highest BCUT2D eigenvalue weighted by atomic mass is 79.9. The fraction of sp³-hybridized carbons (Fsp3) is 0.0769. The van der Waals surface area contributed by atoms with E-state index in [0.29, 0.717) is 13.2 Å². The predicted molar refractivity (Wildman–Crippen MR) is 294 cm³/mol. The molecule has 69 heavy (non-hydrogen) atoms. The molecule has 0 saturated heterocycles. The second kappa shape index (κ2) is 17.4. The third kappa shape index (κ3) is 7.67. The fourth-order valence-corrected chi connectivity index (χ4v) is 10.8. The van der Waals surface area contributed by atoms with Gasteiger partial charge in [-0.05, 0) is 139 Å². The molecule has 0 atom stereocenters. The van der Waals surface area contributed by atoms with Crippen LogP contribution in [0.3, 0.4) is 0 Å². The Morgan fingerprint density at radius 3 is 1.77 bits per heavy atom. The van der Waals surface area contributed by atoms with E-state index < -0.39 is 0 Å². The largest absolute Gasteiger partial charge is 0.372 e. The van der Waals surface area contributed by atoms with Gasteiger partial charge in [-0.15, -0.1) is 0 Å². The minimum atomic E-state index is -0.215. The van der Waals surface area contributed by atoms with Crippen LogP contribution in [0.4, 0.5) is 17.1 Å². The van der Waals surface area contributed by atoms with Crippen molar-refractivity contribution in [3.63, 3.8) is 0 Å². The Hall–Kier alpha value is -7.76. The summed E-state index contributed by atoms with van der Waals surface area (Å²) < 4.78 is 9.74. The number of aromatic nitrogens is 1. The molecule has 11 aromatic rings. The third-order valence-corrected chi connectivity index (χ3v) is 14.7. The van der Waals surface area contributed by atoms with Crippen molar-refractivity contribution in [1.82, 2.24) is 4.57 Å². The first-order valence-corrected chi connectivity index (χ1v) is 24.5. The molecule has 0 spiro atoms. The molecule has 0 fully saturated rings. The number of fused-ring (bicyclic) bond motifs is 7. The molecule has 0 amide bonds. The molecule has 0 radical (unpaired) electrons. The smallest absolute Gasteiger partial charge is 0.0721 e. The van der Waals surface area contributed by atoms with Gasteiger partial charge in [0.25, 0.3) is 0 Å². The van der Waals surface area contributed by atoms with E-state index in [0.717, 1.165) is 32.7 Å². The quantitative estimate of drug-likeness (QED) is 0.129. The van der Waals surface area contributed by atoms with Crippen LogP contribution in [0.25, 0.3) is 77.7 Å². The summed E-state index contributed by atoms with van der Waals surface area (Å²) in [6.07, 6.45) is 1.87. The van der Waals surface area contributed by atoms with Crippen molar-refractivity contribution in [1.29, 1.82) is 0 Å². The van der Waals surface area contributed by atoms with Gasteiger partial charge in [0, 0.05) is 43.1 Å². The Labute approximate surface area is 412 Å². The molecule has 1 aromatic heterocycles. The molecule has 332 valence electrons. The van der Waals surface area contributed by atoms with Gasteiger partial charge in [0.05, 0.1) is 29.9 Å². The van der Waals surface area contributed by atoms with Crippen LogP contribution in [-0.2, 0) is 23.4 Å². The Balaban J connectivity index is 0.892. The maximum Gasteiger partial charge on any atom is 0.0721 e. The Morgan fingerprint density at radius 2 is 1.04 bits per heavy atom. The van der Waals surface area contributed by atoms with Crippen molar-refractivity contribution < 1.29 is 4.74 Å². The van der Waals surface area contributed by atoms with Crippen LogP contribution in [0.1, 0.15) is 41.7 Å². The summed E-state index contributed by atoms with van der Waals surface area (Å²) in [7, 11) is 0. The highest BCUT2D eigenvalue weighted by molar-refractivity contribution is 9.10. The first kappa shape index (κ1) is 42.6. The zero-order valence-corrected chi connectivity index (χ0v) is 40.2. The highest BCUT2D eigenvalue weighted by Gasteiger charge is 2.36. The van der Waals surface area contributed by atoms with Crippen molar-refractivity contribution in [2.75, 3.05) is 4.90 Å². The SMILES string of the molecule is C=Cc1ccc(COCc2ccc3c(c2)C(C)(C)c2cc(N(c4ccc(-c5ccc(Br)cc5)cc4)c4ccc(-c5ccc6c(c5)c5ccccc5n6-c5cccc6ccccc56)cc4)ccc2-3)cc1. The number of anilines is 3. The molecule has 0 unspecified atom stereocenters. The van der Waals surface area contributed by atoms with Crippen molar-refractivity contribution in [2.45, 2.75) is 32.5 Å². The molecule has 0 bridgehead atoms. The van der Waals surface area contributed by atoms with Gasteiger partial charge in [0.2, 0.25) is 0 Å². The van der Waals surface area contributed by atoms with Gasteiger partial charge < -0.3 is 14.2 Å². The summed E-state index contributed by atoms with van der Waals surface area (Å²) in [5.74, 6) is 0. The maximum absolute atomic E-state index is 6.24. The minimum absolute atomic E-state index is 0.215. The number of benzene rings is 10. The lowest BCUT2D eigenvalue weighted by molar-refractivity contribution is 0.107. The second-order valence-electron chi connectivity index (χ2n) is 18.7. The summed E-state index contributed by atoms with van der Waals surface area (Å²) in [5.41, 5.74) is 20.1. The lowest BCUT2D eigenvalue weighted by Crippen LogP contribution is -2.17. The predicted octanol–water partition coefficient (Wildman–Crippen LogP) is 18.2. The number of ether oxygens (including phenoxy) is 1. The van der Waals surface area contributed by atoms with E-state index in [2.05, 4.69) is 264 Å². The van der Waals surface area contributed by atoms with E-state index in [-0.39, 0.29) is 5.41 Å². The molecule has 0 saturated carbocycles. The molecule has 12 rings (SSSR count). The molecule has 0 N–H and O–H groups in total. The maximum atomic E-state index is 6.24. The van der Waals surface area contributed by atoms with Gasteiger partial charge >= 0.3 is 0 Å². The Kier molecular flexibility index (Phi) is 10.7. The van der Waals surface area contributed by atoms with Crippen LogP contribution in [0.5, 0.6) is 0 Å². The van der Waals surface area contributed by atoms with Gasteiger partial charge in [0.15, 0.2) is 0 Å². The van der Waals surface area contributed by atoms with Crippen molar-refractivity contribution >= 4 is 71.6 Å². The van der Waals surface area contributed by atoms with Crippen LogP contribution in [0, 0.1) is 0 Å². The van der Waals surface area contributed by atoms with Gasteiger partial charge in [-0.3, -0.25) is 0 Å². The minimum Gasteiger partial charge on any atom is -0.372 e. The average Bonchev–Trinajstić information content (AvgIpc) is 3.84. The molecular formula is C65H49BrN2O. The molecule has 10 aromatic carbocycles. The second-order valence-corrected chi connectivity index (χ2v) is 19.6. The van der Waals surface area contributed by atoms with E-state index in [9.17, 15) is 0 Å². The van der Waals surface area contributed by atoms with Gasteiger partial charge in [-0.25, -0.2) is 0 Å². The van der Waals surface area contributed by atoms with Crippen LogP contribution < -0.4 is 4.90 Å². The zero-order chi connectivity index (χ0) is 46.6. The van der Waals surface area contributed by atoms with Crippen LogP contribution >= 0.6 is 15.9 Å². The highest BCUT2D eigenvalue weighted by Crippen LogP contribution is 2.51. The summed E-state index contributed by atoms with van der Waals surface area (Å²) >= 11 is 3.61. The fourth-order valence-electron chi connectivity index (χ4n) is 10.5. The monoisotopic (exact) mass is 952 g/mol. The van der Waals surface area contributed by atoms with E-state index in [1.54, 1.807) is 0 Å². The normalized spacial score (nSPS) is 12.6. The molecular weight excluding hydrogens is 905 g/mol. The first-order valence-electron chi connectivity index (χ1n) is 23.7. The molecule has 1 heterocycles. The number of hydrogen-bond donors (Lipinski definition) is 0. The molecule has 0 aliphatic heterocycles. The van der Waals surface area contributed by atoms with Gasteiger partial charge in [0.1, 0.15) is 0 Å². The Bertz CT molecular complexity index is 3730. The van der Waals surface area contributed by atoms with E-state index in [1.165, 1.54) is 88.3 Å². The van der Waals surface area contributed by atoms with E-state index in [1.807, 2.05) is 6.08 Å². The number of hydrogen-bond acceptors (Lipinski definition) is 2. The van der Waals surface area contributed by atoms with Crippen LogP contribution in [0.2, 0.25) is 0 Å². The summed E-state index contributed by atoms with van der Waals surface area (Å²) in [6.45, 7) is 9.71. The zero-order valence-electron chi connectivity index (χ0n) is 38.7. The number of para-hydroxylation sites is 1. The third-order valence-electron chi connectivity index (χ3n) is 14.2. The Morgan fingerprint density at radius 1 is 0.493 bits per heavy atom. The lowest BCUT2D eigenvalue weighted by atomic mass is 9.82. The van der Waals surface area contributed by atoms with Gasteiger partial charge in [-0.1, -0.05) is 188 Å². The van der Waals surface area contributed by atoms with Gasteiger partial charge in [-0.2, -0.15) is 0 Å². The van der Waals surface area contributed by atoms with Crippen molar-refractivity contribution in [3.8, 4) is 39.1 Å². The molecule has 4 heteroatoms.